The van der Waals surface area contributed by atoms with Crippen LogP contribution in [0.4, 0.5) is 0 Å². The lowest BCUT2D eigenvalue weighted by Crippen LogP contribution is -1.92. The van der Waals surface area contributed by atoms with Crippen molar-refractivity contribution in [2.75, 3.05) is 13.7 Å². The summed E-state index contributed by atoms with van der Waals surface area (Å²) in [5.41, 5.74) is 4.06. The zero-order valence-corrected chi connectivity index (χ0v) is 11.3. The number of hydrogen-bond acceptors (Lipinski definition) is 1. The van der Waals surface area contributed by atoms with Gasteiger partial charge in [-0.05, 0) is 46.5 Å². The molecule has 0 N–H and O–H groups in total. The van der Waals surface area contributed by atoms with Gasteiger partial charge in [-0.25, -0.2) is 0 Å². The second kappa shape index (κ2) is 9.41. The van der Waals surface area contributed by atoms with Crippen LogP contribution in [0.5, 0.6) is 0 Å². The molecule has 0 radical (unpaired) electrons. The lowest BCUT2D eigenvalue weighted by Gasteiger charge is -2.03. The van der Waals surface area contributed by atoms with Crippen LogP contribution in [0.3, 0.4) is 0 Å². The van der Waals surface area contributed by atoms with E-state index in [1.54, 1.807) is 7.11 Å². The fourth-order valence-corrected chi connectivity index (χ4v) is 1.49. The maximum Gasteiger partial charge on any atom is 0.0670 e. The van der Waals surface area contributed by atoms with Gasteiger partial charge in [0.05, 0.1) is 6.61 Å². The van der Waals surface area contributed by atoms with Gasteiger partial charge in [0.25, 0.3) is 0 Å². The maximum absolute atomic E-state index is 5.02. The van der Waals surface area contributed by atoms with E-state index in [1.807, 2.05) is 0 Å². The van der Waals surface area contributed by atoms with Crippen LogP contribution >= 0.6 is 0 Å². The Hall–Kier alpha value is -0.820. The molecule has 0 aromatic heterocycles. The van der Waals surface area contributed by atoms with Crippen molar-refractivity contribution in [3.63, 3.8) is 0 Å². The van der Waals surface area contributed by atoms with Crippen LogP contribution in [0.15, 0.2) is 35.5 Å². The van der Waals surface area contributed by atoms with Gasteiger partial charge in [0.2, 0.25) is 0 Å². The molecule has 0 bridgehead atoms. The van der Waals surface area contributed by atoms with Gasteiger partial charge < -0.3 is 4.74 Å². The zero-order chi connectivity index (χ0) is 12.4. The SMILES string of the molecule is C=C(CCC=C(C)CCC=C(C)C)COC. The van der Waals surface area contributed by atoms with E-state index in [9.17, 15) is 0 Å². The van der Waals surface area contributed by atoms with E-state index < -0.39 is 0 Å². The van der Waals surface area contributed by atoms with Gasteiger partial charge in [-0.1, -0.05) is 35.5 Å². The minimum absolute atomic E-state index is 0.685. The summed E-state index contributed by atoms with van der Waals surface area (Å²) in [6, 6.07) is 0. The lowest BCUT2D eigenvalue weighted by molar-refractivity contribution is 0.223. The molecule has 0 saturated heterocycles. The Morgan fingerprint density at radius 2 is 1.69 bits per heavy atom. The van der Waals surface area contributed by atoms with Crippen LogP contribution < -0.4 is 0 Å². The predicted molar refractivity (Wildman–Crippen MR) is 72.7 cm³/mol. The summed E-state index contributed by atoms with van der Waals surface area (Å²) in [4.78, 5) is 0. The number of allylic oxidation sites excluding steroid dienone is 4. The normalized spacial score (nSPS) is 11.4. The van der Waals surface area contributed by atoms with Gasteiger partial charge in [-0.3, -0.25) is 0 Å². The Morgan fingerprint density at radius 1 is 1.06 bits per heavy atom. The predicted octanol–water partition coefficient (Wildman–Crippen LogP) is 4.66. The Bertz CT molecular complexity index is 255. The van der Waals surface area contributed by atoms with E-state index >= 15 is 0 Å². The van der Waals surface area contributed by atoms with Crippen LogP contribution in [-0.4, -0.2) is 13.7 Å². The van der Waals surface area contributed by atoms with E-state index in [2.05, 4.69) is 39.5 Å². The van der Waals surface area contributed by atoms with Crippen molar-refractivity contribution >= 4 is 0 Å². The topological polar surface area (TPSA) is 9.23 Å². The molecule has 1 nitrogen and oxygen atoms in total. The first-order valence-electron chi connectivity index (χ1n) is 6.00. The average molecular weight is 222 g/mol. The molecule has 0 rings (SSSR count). The summed E-state index contributed by atoms with van der Waals surface area (Å²) in [7, 11) is 1.71. The molecule has 1 heteroatoms. The molecule has 0 aromatic carbocycles. The largest absolute Gasteiger partial charge is 0.380 e. The minimum Gasteiger partial charge on any atom is -0.380 e. The van der Waals surface area contributed by atoms with Crippen molar-refractivity contribution in [3.8, 4) is 0 Å². The number of methoxy groups -OCH3 is 1. The summed E-state index contributed by atoms with van der Waals surface area (Å²) in [5.74, 6) is 0. The van der Waals surface area contributed by atoms with Crippen LogP contribution in [0.2, 0.25) is 0 Å². The Labute approximate surface area is 101 Å². The van der Waals surface area contributed by atoms with Crippen LogP contribution in [0.25, 0.3) is 0 Å². The molecule has 0 aliphatic heterocycles. The summed E-state index contributed by atoms with van der Waals surface area (Å²) in [5, 5.41) is 0. The third kappa shape index (κ3) is 9.72. The summed E-state index contributed by atoms with van der Waals surface area (Å²) in [6.45, 7) is 11.1. The maximum atomic E-state index is 5.02. The molecule has 0 aromatic rings. The van der Waals surface area contributed by atoms with E-state index in [4.69, 9.17) is 4.74 Å². The molecule has 0 fully saturated rings. The number of rotatable bonds is 8. The quantitative estimate of drug-likeness (QED) is 0.543. The van der Waals surface area contributed by atoms with Gasteiger partial charge in [-0.15, -0.1) is 0 Å². The first kappa shape index (κ1) is 15.2. The lowest BCUT2D eigenvalue weighted by atomic mass is 10.1. The third-order valence-electron chi connectivity index (χ3n) is 2.43. The first-order valence-corrected chi connectivity index (χ1v) is 6.00. The van der Waals surface area contributed by atoms with E-state index in [-0.39, 0.29) is 0 Å². The monoisotopic (exact) mass is 222 g/mol. The van der Waals surface area contributed by atoms with E-state index in [1.165, 1.54) is 23.1 Å². The fourth-order valence-electron chi connectivity index (χ4n) is 1.49. The Kier molecular flexibility index (Phi) is 8.93. The fraction of sp³-hybridized carbons (Fsp3) is 0.600. The van der Waals surface area contributed by atoms with Gasteiger partial charge in [0.1, 0.15) is 0 Å². The summed E-state index contributed by atoms with van der Waals surface area (Å²) < 4.78 is 5.02. The average Bonchev–Trinajstić information content (AvgIpc) is 2.17. The molecule has 0 heterocycles. The summed E-state index contributed by atoms with van der Waals surface area (Å²) in [6.07, 6.45) is 9.06. The van der Waals surface area contributed by atoms with Crippen molar-refractivity contribution in [2.24, 2.45) is 0 Å². The zero-order valence-electron chi connectivity index (χ0n) is 11.3. The molecular weight excluding hydrogens is 196 g/mol. The Morgan fingerprint density at radius 3 is 2.25 bits per heavy atom. The highest BCUT2D eigenvalue weighted by molar-refractivity contribution is 5.04. The van der Waals surface area contributed by atoms with Crippen molar-refractivity contribution in [3.05, 3.63) is 35.5 Å². The van der Waals surface area contributed by atoms with Crippen LogP contribution in [0, 0.1) is 0 Å². The van der Waals surface area contributed by atoms with E-state index in [0.717, 1.165) is 19.3 Å². The molecule has 0 atom stereocenters. The van der Waals surface area contributed by atoms with Crippen molar-refractivity contribution in [2.45, 2.75) is 46.5 Å². The second-order valence-electron chi connectivity index (χ2n) is 4.59. The number of ether oxygens (including phenoxy) is 1. The van der Waals surface area contributed by atoms with Gasteiger partial charge in [0.15, 0.2) is 0 Å². The van der Waals surface area contributed by atoms with Gasteiger partial charge in [0, 0.05) is 7.11 Å². The molecule has 0 spiro atoms. The molecule has 0 unspecified atom stereocenters. The van der Waals surface area contributed by atoms with Crippen LogP contribution in [0.1, 0.15) is 46.5 Å². The van der Waals surface area contributed by atoms with E-state index in [0.29, 0.717) is 6.61 Å². The highest BCUT2D eigenvalue weighted by Crippen LogP contribution is 2.10. The highest BCUT2D eigenvalue weighted by Gasteiger charge is 1.93. The molecule has 0 aliphatic carbocycles. The molecule has 0 amide bonds. The number of hydrogen-bond donors (Lipinski definition) is 0. The minimum atomic E-state index is 0.685. The molecule has 92 valence electrons. The Balaban J connectivity index is 3.70. The van der Waals surface area contributed by atoms with Crippen LogP contribution in [-0.2, 0) is 4.74 Å². The van der Waals surface area contributed by atoms with Gasteiger partial charge in [-0.2, -0.15) is 0 Å². The smallest absolute Gasteiger partial charge is 0.0670 e. The second-order valence-corrected chi connectivity index (χ2v) is 4.59. The van der Waals surface area contributed by atoms with Crippen molar-refractivity contribution in [1.82, 2.24) is 0 Å². The first-order chi connectivity index (χ1) is 7.56. The molecule has 0 saturated carbocycles. The van der Waals surface area contributed by atoms with Crippen molar-refractivity contribution in [1.29, 1.82) is 0 Å². The molecule has 16 heavy (non-hydrogen) atoms. The van der Waals surface area contributed by atoms with Crippen molar-refractivity contribution < 1.29 is 4.74 Å². The summed E-state index contributed by atoms with van der Waals surface area (Å²) >= 11 is 0. The molecular formula is C15H26O. The van der Waals surface area contributed by atoms with Gasteiger partial charge >= 0.3 is 0 Å². The highest BCUT2D eigenvalue weighted by atomic mass is 16.5. The third-order valence-corrected chi connectivity index (χ3v) is 2.43. The molecule has 0 aliphatic rings. The standard InChI is InChI=1S/C15H26O/c1-13(2)8-6-9-14(3)10-7-11-15(4)12-16-5/h8,10H,4,6-7,9,11-12H2,1-3,5H3.